The average molecular weight is 212 g/mol. The molecule has 0 aromatic heterocycles. The lowest BCUT2D eigenvalue weighted by molar-refractivity contribution is 0.0846. The van der Waals surface area contributed by atoms with Crippen molar-refractivity contribution < 1.29 is 0 Å². The summed E-state index contributed by atoms with van der Waals surface area (Å²) in [5.74, 6) is 0.977. The predicted octanol–water partition coefficient (Wildman–Crippen LogP) is 0.770. The van der Waals surface area contributed by atoms with Crippen LogP contribution in [-0.2, 0) is 0 Å². The highest BCUT2D eigenvalue weighted by Gasteiger charge is 2.36. The van der Waals surface area contributed by atoms with Gasteiger partial charge in [0.25, 0.3) is 0 Å². The zero-order valence-corrected chi connectivity index (χ0v) is 10.2. The summed E-state index contributed by atoms with van der Waals surface area (Å²) >= 11 is 0. The first kappa shape index (κ1) is 12.3. The normalized spacial score (nSPS) is 31.6. The molecule has 1 rings (SSSR count). The molecule has 2 unspecified atom stereocenters. The van der Waals surface area contributed by atoms with Crippen LogP contribution >= 0.6 is 0 Å². The van der Waals surface area contributed by atoms with Crippen LogP contribution in [0.5, 0.6) is 0 Å². The quantitative estimate of drug-likeness (QED) is 0.536. The number of nitrogens with zero attached hydrogens (tertiary/aromatic N) is 2. The Morgan fingerprint density at radius 2 is 2.13 bits per heavy atom. The molecular formula is C11H24N4. The van der Waals surface area contributed by atoms with Crippen LogP contribution in [0.3, 0.4) is 0 Å². The van der Waals surface area contributed by atoms with Gasteiger partial charge in [-0.2, -0.15) is 0 Å². The number of aliphatic imine (C=N–C) groups is 1. The average Bonchev–Trinajstić information content (AvgIpc) is 2.14. The molecule has 4 N–H and O–H groups in total. The summed E-state index contributed by atoms with van der Waals surface area (Å²) in [6.07, 6.45) is 4.99. The Hall–Kier alpha value is -0.770. The van der Waals surface area contributed by atoms with E-state index in [0.717, 1.165) is 12.5 Å². The van der Waals surface area contributed by atoms with Crippen molar-refractivity contribution in [3.05, 3.63) is 0 Å². The van der Waals surface area contributed by atoms with Gasteiger partial charge in [-0.05, 0) is 32.9 Å². The smallest absolute Gasteiger partial charge is 0.185 e. The van der Waals surface area contributed by atoms with E-state index >= 15 is 0 Å². The van der Waals surface area contributed by atoms with Crippen LogP contribution < -0.4 is 11.5 Å². The first-order chi connectivity index (χ1) is 6.96. The van der Waals surface area contributed by atoms with E-state index in [0.29, 0.717) is 0 Å². The summed E-state index contributed by atoms with van der Waals surface area (Å²) < 4.78 is 0. The molecule has 4 nitrogen and oxygen atoms in total. The van der Waals surface area contributed by atoms with E-state index in [2.05, 4.69) is 30.9 Å². The minimum atomic E-state index is 0.168. The Balaban J connectivity index is 2.73. The van der Waals surface area contributed by atoms with Crippen molar-refractivity contribution in [2.24, 2.45) is 22.4 Å². The number of hydrogen-bond donors (Lipinski definition) is 2. The predicted molar refractivity (Wildman–Crippen MR) is 64.7 cm³/mol. The van der Waals surface area contributed by atoms with E-state index in [-0.39, 0.29) is 11.5 Å². The standard InChI is InChI=1S/C11H24N4/c1-9-5-4-6-11(7-9,15(2)3)8-14-10(12)13/h9H,4-8H2,1-3H3,(H4,12,13,14). The zero-order chi connectivity index (χ0) is 11.5. The van der Waals surface area contributed by atoms with Crippen molar-refractivity contribution in [2.75, 3.05) is 20.6 Å². The van der Waals surface area contributed by atoms with Gasteiger partial charge in [0.2, 0.25) is 0 Å². The highest BCUT2D eigenvalue weighted by molar-refractivity contribution is 5.75. The summed E-state index contributed by atoms with van der Waals surface area (Å²) in [6.45, 7) is 3.04. The fourth-order valence-electron chi connectivity index (χ4n) is 2.56. The molecule has 0 heterocycles. The first-order valence-electron chi connectivity index (χ1n) is 5.69. The lowest BCUT2D eigenvalue weighted by Crippen LogP contribution is -2.50. The van der Waals surface area contributed by atoms with Crippen molar-refractivity contribution >= 4 is 5.96 Å². The molecule has 2 atom stereocenters. The molecule has 0 aromatic carbocycles. The number of hydrogen-bond acceptors (Lipinski definition) is 2. The molecular weight excluding hydrogens is 188 g/mol. The Morgan fingerprint density at radius 1 is 1.47 bits per heavy atom. The van der Waals surface area contributed by atoms with Gasteiger partial charge >= 0.3 is 0 Å². The van der Waals surface area contributed by atoms with Crippen molar-refractivity contribution in [3.63, 3.8) is 0 Å². The molecule has 88 valence electrons. The van der Waals surface area contributed by atoms with Crippen LogP contribution in [0.15, 0.2) is 4.99 Å². The molecule has 1 fully saturated rings. The molecule has 0 radical (unpaired) electrons. The van der Waals surface area contributed by atoms with E-state index in [4.69, 9.17) is 11.5 Å². The van der Waals surface area contributed by atoms with Gasteiger partial charge in [-0.3, -0.25) is 4.99 Å². The second kappa shape index (κ2) is 4.84. The summed E-state index contributed by atoms with van der Waals surface area (Å²) in [5, 5.41) is 0. The summed E-state index contributed by atoms with van der Waals surface area (Å²) in [5.41, 5.74) is 11.0. The third kappa shape index (κ3) is 3.09. The minimum Gasteiger partial charge on any atom is -0.370 e. The highest BCUT2D eigenvalue weighted by atomic mass is 15.2. The SMILES string of the molecule is CC1CCCC(CN=C(N)N)(N(C)C)C1. The topological polar surface area (TPSA) is 67.6 Å². The molecule has 0 amide bonds. The number of nitrogens with two attached hydrogens (primary N) is 2. The number of rotatable bonds is 3. The van der Waals surface area contributed by atoms with Gasteiger partial charge in [0.05, 0.1) is 6.54 Å². The fourth-order valence-corrected chi connectivity index (χ4v) is 2.56. The summed E-state index contributed by atoms with van der Waals surface area (Å²) in [6, 6.07) is 0. The molecule has 0 saturated heterocycles. The lowest BCUT2D eigenvalue weighted by atomic mass is 9.75. The molecule has 4 heteroatoms. The monoisotopic (exact) mass is 212 g/mol. The van der Waals surface area contributed by atoms with Gasteiger partial charge in [-0.1, -0.05) is 19.8 Å². The molecule has 0 spiro atoms. The summed E-state index contributed by atoms with van der Waals surface area (Å²) in [7, 11) is 4.25. The second-order valence-electron chi connectivity index (χ2n) is 5.06. The zero-order valence-electron chi connectivity index (χ0n) is 10.2. The van der Waals surface area contributed by atoms with E-state index in [9.17, 15) is 0 Å². The van der Waals surface area contributed by atoms with Crippen LogP contribution in [-0.4, -0.2) is 37.0 Å². The van der Waals surface area contributed by atoms with Crippen LogP contribution in [0.25, 0.3) is 0 Å². The van der Waals surface area contributed by atoms with Crippen LogP contribution in [0.2, 0.25) is 0 Å². The molecule has 0 bridgehead atoms. The van der Waals surface area contributed by atoms with Crippen LogP contribution in [0, 0.1) is 5.92 Å². The van der Waals surface area contributed by atoms with Gasteiger partial charge in [0.15, 0.2) is 5.96 Å². The van der Waals surface area contributed by atoms with Gasteiger partial charge in [-0.25, -0.2) is 0 Å². The molecule has 1 aliphatic rings. The summed E-state index contributed by atoms with van der Waals surface area (Å²) in [4.78, 5) is 6.49. The Labute approximate surface area is 92.7 Å². The van der Waals surface area contributed by atoms with Crippen LogP contribution in [0.4, 0.5) is 0 Å². The Kier molecular flexibility index (Phi) is 3.97. The van der Waals surface area contributed by atoms with Crippen molar-refractivity contribution in [2.45, 2.75) is 38.1 Å². The van der Waals surface area contributed by atoms with Gasteiger partial charge < -0.3 is 16.4 Å². The van der Waals surface area contributed by atoms with E-state index in [1.54, 1.807) is 0 Å². The maximum Gasteiger partial charge on any atom is 0.185 e. The maximum absolute atomic E-state index is 5.41. The Morgan fingerprint density at radius 3 is 2.60 bits per heavy atom. The molecule has 0 aromatic rings. The van der Waals surface area contributed by atoms with E-state index in [1.807, 2.05) is 0 Å². The molecule has 15 heavy (non-hydrogen) atoms. The fraction of sp³-hybridized carbons (Fsp3) is 0.909. The van der Waals surface area contributed by atoms with E-state index in [1.165, 1.54) is 25.7 Å². The van der Waals surface area contributed by atoms with Crippen LogP contribution in [0.1, 0.15) is 32.6 Å². The third-order valence-electron chi connectivity index (χ3n) is 3.57. The Bertz CT molecular complexity index is 233. The van der Waals surface area contributed by atoms with E-state index < -0.39 is 0 Å². The van der Waals surface area contributed by atoms with Gasteiger partial charge in [0.1, 0.15) is 0 Å². The number of guanidine groups is 1. The lowest BCUT2D eigenvalue weighted by Gasteiger charge is -2.44. The molecule has 1 saturated carbocycles. The third-order valence-corrected chi connectivity index (χ3v) is 3.57. The van der Waals surface area contributed by atoms with Crippen molar-refractivity contribution in [1.82, 2.24) is 4.90 Å². The largest absolute Gasteiger partial charge is 0.370 e. The molecule has 0 aliphatic heterocycles. The van der Waals surface area contributed by atoms with Crippen molar-refractivity contribution in [1.29, 1.82) is 0 Å². The highest BCUT2D eigenvalue weighted by Crippen LogP contribution is 2.35. The number of likely N-dealkylation sites (N-methyl/N-ethyl adjacent to an activating group) is 1. The second-order valence-corrected chi connectivity index (χ2v) is 5.06. The maximum atomic E-state index is 5.41. The van der Waals surface area contributed by atoms with Gasteiger partial charge in [-0.15, -0.1) is 0 Å². The minimum absolute atomic E-state index is 0.168. The molecule has 1 aliphatic carbocycles. The van der Waals surface area contributed by atoms with Gasteiger partial charge in [0, 0.05) is 5.54 Å². The van der Waals surface area contributed by atoms with Crippen molar-refractivity contribution in [3.8, 4) is 0 Å². The first-order valence-corrected chi connectivity index (χ1v) is 5.69.